The lowest BCUT2D eigenvalue weighted by atomic mass is 9.95. The number of aliphatic carboxylic acids is 1. The molecule has 3 aromatic rings. The Morgan fingerprint density at radius 3 is 1.97 bits per heavy atom. The van der Waals surface area contributed by atoms with Crippen molar-refractivity contribution in [2.45, 2.75) is 6.92 Å². The molecule has 0 fully saturated rings. The molecule has 35 heavy (non-hydrogen) atoms. The number of hydrogen-bond acceptors (Lipinski definition) is 7. The first-order valence-electron chi connectivity index (χ1n) is 10.6. The van der Waals surface area contributed by atoms with Crippen LogP contribution in [0.2, 0.25) is 0 Å². The maximum absolute atomic E-state index is 11.0. The van der Waals surface area contributed by atoms with E-state index in [9.17, 15) is 9.59 Å². The number of ether oxygens (including phenoxy) is 1. The van der Waals surface area contributed by atoms with Crippen molar-refractivity contribution >= 4 is 29.3 Å². The van der Waals surface area contributed by atoms with E-state index in [-0.39, 0.29) is 0 Å². The zero-order chi connectivity index (χ0) is 25.2. The fraction of sp³-hybridized carbons (Fsp3) is 0.154. The van der Waals surface area contributed by atoms with Crippen LogP contribution in [0.15, 0.2) is 83.1 Å². The summed E-state index contributed by atoms with van der Waals surface area (Å²) in [6, 6.07) is 21.8. The summed E-state index contributed by atoms with van der Waals surface area (Å²) in [5, 5.41) is 18.6. The van der Waals surface area contributed by atoms with Crippen molar-refractivity contribution in [1.29, 1.82) is 0 Å². The monoisotopic (exact) mass is 475 g/mol. The van der Waals surface area contributed by atoms with Crippen LogP contribution in [0.3, 0.4) is 0 Å². The number of nitrogens with zero attached hydrogens (tertiary/aromatic N) is 3. The second-order valence-corrected chi connectivity index (χ2v) is 7.58. The predicted octanol–water partition coefficient (Wildman–Crippen LogP) is 5.16. The molecule has 0 saturated heterocycles. The van der Waals surface area contributed by atoms with Crippen LogP contribution in [-0.2, 0) is 14.5 Å². The molecule has 9 nitrogen and oxygen atoms in total. The molecule has 1 N–H and O–H groups in total. The summed E-state index contributed by atoms with van der Waals surface area (Å²) in [6.45, 7) is 0.843. The van der Waals surface area contributed by atoms with Crippen molar-refractivity contribution in [3.05, 3.63) is 89.5 Å². The van der Waals surface area contributed by atoms with Crippen molar-refractivity contribution < 1.29 is 29.2 Å². The van der Waals surface area contributed by atoms with Gasteiger partial charge < -0.3 is 9.84 Å². The van der Waals surface area contributed by atoms with Gasteiger partial charge in [-0.2, -0.15) is 0 Å². The van der Waals surface area contributed by atoms with E-state index in [0.29, 0.717) is 11.5 Å². The molecule has 0 heterocycles. The molecule has 0 aliphatic heterocycles. The van der Waals surface area contributed by atoms with E-state index in [1.54, 1.807) is 43.4 Å². The number of benzene rings is 3. The largest absolute Gasteiger partial charge is 0.482 e. The van der Waals surface area contributed by atoms with Gasteiger partial charge in [0.1, 0.15) is 5.75 Å². The molecule has 0 radical (unpaired) electrons. The molecule has 0 aliphatic carbocycles. The van der Waals surface area contributed by atoms with Crippen molar-refractivity contribution in [1.82, 2.24) is 5.01 Å². The van der Waals surface area contributed by atoms with Gasteiger partial charge in [-0.15, -0.1) is 5.11 Å². The average molecular weight is 476 g/mol. The zero-order valence-corrected chi connectivity index (χ0v) is 19.5. The van der Waals surface area contributed by atoms with Gasteiger partial charge in [0.25, 0.3) is 0 Å². The first-order chi connectivity index (χ1) is 16.8. The van der Waals surface area contributed by atoms with E-state index in [4.69, 9.17) is 14.7 Å². The number of carboxylic acids is 1. The summed E-state index contributed by atoms with van der Waals surface area (Å²) in [4.78, 5) is 31.3. The zero-order valence-electron chi connectivity index (χ0n) is 19.5. The first-order valence-corrected chi connectivity index (χ1v) is 10.6. The summed E-state index contributed by atoms with van der Waals surface area (Å²) >= 11 is 0. The molecule has 0 aliphatic rings. The quantitative estimate of drug-likeness (QED) is 0.187. The summed E-state index contributed by atoms with van der Waals surface area (Å²) < 4.78 is 5.24. The van der Waals surface area contributed by atoms with Crippen molar-refractivity contribution in [2.24, 2.45) is 10.3 Å². The van der Waals surface area contributed by atoms with Crippen LogP contribution in [0.5, 0.6) is 11.5 Å². The van der Waals surface area contributed by atoms with Crippen LogP contribution in [0.4, 0.5) is 5.69 Å². The maximum Gasteiger partial charge on any atom is 0.352 e. The van der Waals surface area contributed by atoms with E-state index >= 15 is 0 Å². The number of rotatable bonds is 10. The third-order valence-electron chi connectivity index (χ3n) is 4.49. The summed E-state index contributed by atoms with van der Waals surface area (Å²) in [7, 11) is 3.60. The van der Waals surface area contributed by atoms with Gasteiger partial charge in [-0.3, -0.25) is 14.8 Å². The van der Waals surface area contributed by atoms with E-state index < -0.39 is 18.5 Å². The fourth-order valence-corrected chi connectivity index (χ4v) is 2.95. The molecule has 3 aromatic carbocycles. The van der Waals surface area contributed by atoms with E-state index in [2.05, 4.69) is 15.2 Å². The minimum Gasteiger partial charge on any atom is -0.482 e. The Bertz CT molecular complexity index is 1140. The molecular formula is C26H25N3O6. The second kappa shape index (κ2) is 12.0. The Morgan fingerprint density at radius 1 is 0.886 bits per heavy atom. The number of carbonyl (C=O) groups excluding carboxylic acids is 1. The third kappa shape index (κ3) is 8.01. The topological polar surface area (TPSA) is 110 Å². The van der Waals surface area contributed by atoms with Crippen LogP contribution >= 0.6 is 0 Å². The highest BCUT2D eigenvalue weighted by molar-refractivity contribution is 5.91. The van der Waals surface area contributed by atoms with Crippen LogP contribution in [0.1, 0.15) is 23.6 Å². The van der Waals surface area contributed by atoms with Crippen molar-refractivity contribution in [3.8, 4) is 11.5 Å². The maximum atomic E-state index is 11.0. The molecule has 0 unspecified atom stereocenters. The Kier molecular flexibility index (Phi) is 8.55. The van der Waals surface area contributed by atoms with Gasteiger partial charge >= 0.3 is 11.9 Å². The van der Waals surface area contributed by atoms with Crippen LogP contribution in [0, 0.1) is 0 Å². The van der Waals surface area contributed by atoms with Crippen molar-refractivity contribution in [3.63, 3.8) is 0 Å². The lowest BCUT2D eigenvalue weighted by molar-refractivity contribution is -0.210. The van der Waals surface area contributed by atoms with E-state index in [1.165, 1.54) is 6.92 Å². The highest BCUT2D eigenvalue weighted by atomic mass is 17.2. The smallest absolute Gasteiger partial charge is 0.352 e. The van der Waals surface area contributed by atoms with Crippen LogP contribution in [-0.4, -0.2) is 42.8 Å². The molecule has 9 heteroatoms. The second-order valence-electron chi connectivity index (χ2n) is 7.58. The lowest BCUT2D eigenvalue weighted by Crippen LogP contribution is -2.09. The van der Waals surface area contributed by atoms with Gasteiger partial charge in [0, 0.05) is 21.0 Å². The molecule has 0 atom stereocenters. The standard InChI is InChI=1S/C26H25N3O6/c1-18(30)34-35-24-14-8-21(9-15-24)25(20-6-12-23(13-7-20)33-17-26(31)32)16-19-4-10-22(11-5-19)27-28-29(2)3/h4-16H,17H2,1-3H3,(H,31,32). The minimum absolute atomic E-state index is 0.385. The molecule has 3 rings (SSSR count). The van der Waals surface area contributed by atoms with Crippen LogP contribution in [0.25, 0.3) is 11.6 Å². The van der Waals surface area contributed by atoms with Gasteiger partial charge in [0.2, 0.25) is 0 Å². The van der Waals surface area contributed by atoms with Gasteiger partial charge in [0.05, 0.1) is 5.69 Å². The number of carboxylic acid groups (broad SMARTS) is 1. The van der Waals surface area contributed by atoms with Crippen molar-refractivity contribution in [2.75, 3.05) is 20.7 Å². The molecular weight excluding hydrogens is 450 g/mol. The number of carbonyl (C=O) groups is 2. The third-order valence-corrected chi connectivity index (χ3v) is 4.49. The molecule has 180 valence electrons. The fourth-order valence-electron chi connectivity index (χ4n) is 2.95. The lowest BCUT2D eigenvalue weighted by Gasteiger charge is -2.11. The van der Waals surface area contributed by atoms with Gasteiger partial charge in [-0.25, -0.2) is 9.59 Å². The normalized spacial score (nSPS) is 11.2. The summed E-state index contributed by atoms with van der Waals surface area (Å²) in [6.07, 6.45) is 2.02. The first kappa shape index (κ1) is 25.0. The number of hydrogen-bond donors (Lipinski definition) is 1. The van der Waals surface area contributed by atoms with Gasteiger partial charge in [-0.1, -0.05) is 41.6 Å². The molecule has 0 bridgehead atoms. The summed E-state index contributed by atoms with van der Waals surface area (Å²) in [5.74, 6) is -0.750. The van der Waals surface area contributed by atoms with Crippen LogP contribution < -0.4 is 9.62 Å². The minimum atomic E-state index is -1.04. The SMILES string of the molecule is CC(=O)OOc1ccc(C(=Cc2ccc(N=NN(C)C)cc2)c2ccc(OCC(=O)O)cc2)cc1. The van der Waals surface area contributed by atoms with Gasteiger partial charge in [0.15, 0.2) is 12.4 Å². The molecule has 0 amide bonds. The Morgan fingerprint density at radius 2 is 1.46 bits per heavy atom. The summed E-state index contributed by atoms with van der Waals surface area (Å²) in [5.41, 5.74) is 4.34. The Labute approximate surface area is 202 Å². The van der Waals surface area contributed by atoms with E-state index in [0.717, 1.165) is 28.0 Å². The molecule has 0 aromatic heterocycles. The Hall–Kier alpha value is -4.66. The molecule has 0 saturated carbocycles. The predicted molar refractivity (Wildman–Crippen MR) is 130 cm³/mol. The van der Waals surface area contributed by atoms with Gasteiger partial charge in [-0.05, 0) is 64.7 Å². The highest BCUT2D eigenvalue weighted by Gasteiger charge is 2.09. The van der Waals surface area contributed by atoms with E-state index in [1.807, 2.05) is 54.6 Å². The Balaban J connectivity index is 1.92. The molecule has 0 spiro atoms. The highest BCUT2D eigenvalue weighted by Crippen LogP contribution is 2.29. The average Bonchev–Trinajstić information content (AvgIpc) is 2.85.